The van der Waals surface area contributed by atoms with Crippen molar-refractivity contribution in [3.8, 4) is 11.8 Å². The van der Waals surface area contributed by atoms with Crippen LogP contribution in [0, 0.1) is 11.3 Å². The van der Waals surface area contributed by atoms with Crippen molar-refractivity contribution in [1.82, 2.24) is 4.98 Å². The number of hydrogen-bond acceptors (Lipinski definition) is 5. The summed E-state index contributed by atoms with van der Waals surface area (Å²) in [6.07, 6.45) is 2.28. The van der Waals surface area contributed by atoms with E-state index < -0.39 is 5.97 Å². The van der Waals surface area contributed by atoms with E-state index >= 15 is 0 Å². The third-order valence-corrected chi connectivity index (χ3v) is 4.83. The number of thiazole rings is 1. The van der Waals surface area contributed by atoms with Crippen molar-refractivity contribution in [3.63, 3.8) is 0 Å². The molecule has 0 aliphatic carbocycles. The van der Waals surface area contributed by atoms with Crippen molar-refractivity contribution in [2.24, 2.45) is 0 Å². The number of benzene rings is 2. The number of carboxylic acid groups (broad SMARTS) is 1. The Kier molecular flexibility index (Phi) is 5.62. The minimum Gasteiger partial charge on any atom is -0.481 e. The summed E-state index contributed by atoms with van der Waals surface area (Å²) in [5.74, 6) is -0.269. The Morgan fingerprint density at radius 3 is 2.73 bits per heavy atom. The Bertz CT molecular complexity index is 968. The van der Waals surface area contributed by atoms with Crippen molar-refractivity contribution in [2.45, 2.75) is 12.8 Å². The summed E-state index contributed by atoms with van der Waals surface area (Å²) in [7, 11) is 0. The number of aromatic nitrogens is 1. The number of carboxylic acids is 1. The molecular weight excluding hydrogens is 348 g/mol. The van der Waals surface area contributed by atoms with E-state index in [4.69, 9.17) is 15.1 Å². The van der Waals surface area contributed by atoms with Gasteiger partial charge >= 0.3 is 5.97 Å². The molecule has 130 valence electrons. The van der Waals surface area contributed by atoms with Gasteiger partial charge in [-0.25, -0.2) is 4.98 Å². The lowest BCUT2D eigenvalue weighted by Gasteiger charge is -2.08. The number of nitrogens with zero attached hydrogens (tertiary/aromatic N) is 2. The van der Waals surface area contributed by atoms with E-state index in [0.717, 1.165) is 26.4 Å². The van der Waals surface area contributed by atoms with E-state index in [2.05, 4.69) is 4.98 Å². The number of allylic oxidation sites excluding steroid dienone is 1. The third kappa shape index (κ3) is 4.26. The number of fused-ring (bicyclic) bond motifs is 1. The fourth-order valence-corrected chi connectivity index (χ4v) is 3.53. The number of rotatable bonds is 7. The SMILES string of the molecule is N#CCOc1ccccc1/C=C(\CCC(=O)O)c1nc2ccccc2s1. The zero-order valence-electron chi connectivity index (χ0n) is 13.9. The van der Waals surface area contributed by atoms with Crippen molar-refractivity contribution in [2.75, 3.05) is 6.61 Å². The molecule has 0 atom stereocenters. The first kappa shape index (κ1) is 17.6. The highest BCUT2D eigenvalue weighted by Crippen LogP contribution is 2.32. The maximum absolute atomic E-state index is 11.1. The maximum Gasteiger partial charge on any atom is 0.303 e. The second kappa shape index (κ2) is 8.28. The largest absolute Gasteiger partial charge is 0.481 e. The Morgan fingerprint density at radius 1 is 1.19 bits per heavy atom. The van der Waals surface area contributed by atoms with Crippen molar-refractivity contribution in [3.05, 3.63) is 59.1 Å². The van der Waals surface area contributed by atoms with Crippen LogP contribution < -0.4 is 4.74 Å². The number of ether oxygens (including phenoxy) is 1. The molecule has 0 bridgehead atoms. The van der Waals surface area contributed by atoms with E-state index in [1.54, 1.807) is 6.07 Å². The average molecular weight is 364 g/mol. The molecule has 6 heteroatoms. The van der Waals surface area contributed by atoms with Gasteiger partial charge in [0.05, 0.1) is 10.2 Å². The molecule has 0 saturated heterocycles. The van der Waals surface area contributed by atoms with Crippen LogP contribution in [0.25, 0.3) is 21.9 Å². The smallest absolute Gasteiger partial charge is 0.303 e. The Balaban J connectivity index is 2.02. The predicted octanol–water partition coefficient (Wildman–Crippen LogP) is 4.60. The second-order valence-electron chi connectivity index (χ2n) is 5.53. The van der Waals surface area contributed by atoms with Crippen LogP contribution in [0.1, 0.15) is 23.4 Å². The Hall–Kier alpha value is -3.17. The lowest BCUT2D eigenvalue weighted by molar-refractivity contribution is -0.136. The number of nitriles is 1. The normalized spacial score (nSPS) is 11.3. The minimum absolute atomic E-state index is 0.0168. The molecule has 0 unspecified atom stereocenters. The summed E-state index contributed by atoms with van der Waals surface area (Å²) in [6.45, 7) is -0.0452. The molecule has 0 aliphatic heterocycles. The van der Waals surface area contributed by atoms with Crippen LogP contribution >= 0.6 is 11.3 Å². The third-order valence-electron chi connectivity index (χ3n) is 3.72. The van der Waals surface area contributed by atoms with Crippen LogP contribution in [0.2, 0.25) is 0 Å². The van der Waals surface area contributed by atoms with Gasteiger partial charge in [-0.05, 0) is 36.3 Å². The molecule has 0 amide bonds. The quantitative estimate of drug-likeness (QED) is 0.662. The molecular formula is C20H16N2O3S. The molecule has 0 saturated carbocycles. The second-order valence-corrected chi connectivity index (χ2v) is 6.57. The standard InChI is InChI=1S/C20H16N2O3S/c21-11-12-25-17-7-3-1-5-14(17)13-15(9-10-19(23)24)20-22-16-6-2-4-8-18(16)26-20/h1-8,13H,9-10,12H2,(H,23,24)/b15-13+. The predicted molar refractivity (Wildman–Crippen MR) is 102 cm³/mol. The first-order valence-corrected chi connectivity index (χ1v) is 8.86. The number of carbonyl (C=O) groups is 1. The lowest BCUT2D eigenvalue weighted by atomic mass is 10.1. The number of para-hydroxylation sites is 2. The van der Waals surface area contributed by atoms with Gasteiger partial charge in [0.1, 0.15) is 16.8 Å². The fraction of sp³-hybridized carbons (Fsp3) is 0.150. The molecule has 3 rings (SSSR count). The summed E-state index contributed by atoms with van der Waals surface area (Å²) < 4.78 is 6.52. The molecule has 5 nitrogen and oxygen atoms in total. The summed E-state index contributed by atoms with van der Waals surface area (Å²) in [6, 6.07) is 17.1. The first-order chi connectivity index (χ1) is 12.7. The topological polar surface area (TPSA) is 83.2 Å². The van der Waals surface area contributed by atoms with E-state index in [0.29, 0.717) is 12.2 Å². The molecule has 1 N–H and O–H groups in total. The molecule has 3 aromatic rings. The van der Waals surface area contributed by atoms with E-state index in [9.17, 15) is 4.79 Å². The van der Waals surface area contributed by atoms with Crippen molar-refractivity contribution >= 4 is 39.2 Å². The highest BCUT2D eigenvalue weighted by atomic mass is 32.1. The van der Waals surface area contributed by atoms with Crippen LogP contribution in [0.4, 0.5) is 0 Å². The van der Waals surface area contributed by atoms with Gasteiger partial charge in [-0.1, -0.05) is 30.3 Å². The molecule has 1 heterocycles. The summed E-state index contributed by atoms with van der Waals surface area (Å²) in [5, 5.41) is 18.6. The van der Waals surface area contributed by atoms with Gasteiger partial charge in [-0.15, -0.1) is 11.3 Å². The minimum atomic E-state index is -0.856. The number of aliphatic carboxylic acids is 1. The van der Waals surface area contributed by atoms with Gasteiger partial charge < -0.3 is 9.84 Å². The van der Waals surface area contributed by atoms with Gasteiger partial charge in [0.15, 0.2) is 6.61 Å². The Morgan fingerprint density at radius 2 is 1.96 bits per heavy atom. The van der Waals surface area contributed by atoms with Gasteiger partial charge in [0.25, 0.3) is 0 Å². The molecule has 2 aromatic carbocycles. The first-order valence-electron chi connectivity index (χ1n) is 8.04. The van der Waals surface area contributed by atoms with Gasteiger partial charge in [-0.3, -0.25) is 4.79 Å². The number of hydrogen-bond donors (Lipinski definition) is 1. The van der Waals surface area contributed by atoms with Gasteiger partial charge in [-0.2, -0.15) is 5.26 Å². The van der Waals surface area contributed by atoms with Crippen LogP contribution in [-0.2, 0) is 4.79 Å². The molecule has 26 heavy (non-hydrogen) atoms. The zero-order chi connectivity index (χ0) is 18.4. The highest BCUT2D eigenvalue weighted by Gasteiger charge is 2.12. The molecule has 0 radical (unpaired) electrons. The summed E-state index contributed by atoms with van der Waals surface area (Å²) in [4.78, 5) is 15.7. The molecule has 1 aromatic heterocycles. The van der Waals surface area contributed by atoms with Crippen LogP contribution in [0.5, 0.6) is 5.75 Å². The molecule has 0 spiro atoms. The van der Waals surface area contributed by atoms with Gasteiger partial charge in [0.2, 0.25) is 0 Å². The highest BCUT2D eigenvalue weighted by molar-refractivity contribution is 7.19. The Labute approximate surface area is 154 Å². The molecule has 0 aliphatic rings. The van der Waals surface area contributed by atoms with E-state index in [1.807, 2.05) is 54.6 Å². The lowest BCUT2D eigenvalue weighted by Crippen LogP contribution is -1.97. The average Bonchev–Trinajstić information content (AvgIpc) is 3.08. The van der Waals surface area contributed by atoms with Crippen molar-refractivity contribution < 1.29 is 14.6 Å². The fourth-order valence-electron chi connectivity index (χ4n) is 2.52. The monoisotopic (exact) mass is 364 g/mol. The van der Waals surface area contributed by atoms with Gasteiger partial charge in [0, 0.05) is 12.0 Å². The van der Waals surface area contributed by atoms with E-state index in [-0.39, 0.29) is 13.0 Å². The zero-order valence-corrected chi connectivity index (χ0v) is 14.7. The van der Waals surface area contributed by atoms with Crippen LogP contribution in [0.15, 0.2) is 48.5 Å². The summed E-state index contributed by atoms with van der Waals surface area (Å²) >= 11 is 1.53. The van der Waals surface area contributed by atoms with Crippen LogP contribution in [-0.4, -0.2) is 22.7 Å². The maximum atomic E-state index is 11.1. The summed E-state index contributed by atoms with van der Waals surface area (Å²) in [5.41, 5.74) is 2.52. The van der Waals surface area contributed by atoms with E-state index in [1.165, 1.54) is 11.3 Å². The van der Waals surface area contributed by atoms with Crippen molar-refractivity contribution in [1.29, 1.82) is 5.26 Å². The molecule has 0 fully saturated rings. The van der Waals surface area contributed by atoms with Crippen LogP contribution in [0.3, 0.4) is 0 Å².